The molecular formula is C26H39N5O3. The minimum absolute atomic E-state index is 0.0987. The van der Waals surface area contributed by atoms with Gasteiger partial charge >= 0.3 is 0 Å². The zero-order valence-corrected chi connectivity index (χ0v) is 20.2. The monoisotopic (exact) mass is 469 g/mol. The number of amidine groups is 1. The van der Waals surface area contributed by atoms with E-state index in [1.165, 1.54) is 44.1 Å². The van der Waals surface area contributed by atoms with Gasteiger partial charge in [-0.05, 0) is 43.2 Å². The van der Waals surface area contributed by atoms with E-state index in [2.05, 4.69) is 27.2 Å². The number of hydrogen-bond donors (Lipinski definition) is 2. The fraction of sp³-hybridized carbons (Fsp3) is 0.692. The third-order valence-electron chi connectivity index (χ3n) is 7.87. The number of aliphatic imine (C=N–C) groups is 1. The summed E-state index contributed by atoms with van der Waals surface area (Å²) in [6.45, 7) is 4.49. The van der Waals surface area contributed by atoms with Crippen molar-refractivity contribution in [2.45, 2.75) is 76.2 Å². The van der Waals surface area contributed by atoms with E-state index in [1.807, 2.05) is 12.1 Å². The summed E-state index contributed by atoms with van der Waals surface area (Å²) in [4.78, 5) is 21.5. The van der Waals surface area contributed by atoms with Gasteiger partial charge in [-0.2, -0.15) is 4.99 Å². The highest BCUT2D eigenvalue weighted by Gasteiger charge is 2.38. The Labute approximate surface area is 202 Å². The number of nitrogens with zero attached hydrogens (tertiary/aromatic N) is 3. The van der Waals surface area contributed by atoms with Crippen LogP contribution in [0.4, 0.5) is 5.69 Å². The van der Waals surface area contributed by atoms with Gasteiger partial charge in [-0.3, -0.25) is 15.0 Å². The molecule has 3 heterocycles. The highest BCUT2D eigenvalue weighted by Crippen LogP contribution is 2.33. The van der Waals surface area contributed by atoms with Crippen molar-refractivity contribution in [3.05, 3.63) is 29.8 Å². The molecule has 3 fully saturated rings. The average Bonchev–Trinajstić information content (AvgIpc) is 3.45. The molecule has 0 spiro atoms. The number of amides is 1. The molecule has 5 atom stereocenters. The molecule has 1 aliphatic carbocycles. The summed E-state index contributed by atoms with van der Waals surface area (Å²) in [5.41, 5.74) is 7.97. The first-order chi connectivity index (χ1) is 16.7. The van der Waals surface area contributed by atoms with Crippen LogP contribution in [-0.2, 0) is 20.8 Å². The molecule has 3 aliphatic heterocycles. The van der Waals surface area contributed by atoms with Crippen molar-refractivity contribution in [2.24, 2.45) is 16.6 Å². The van der Waals surface area contributed by atoms with E-state index in [-0.39, 0.29) is 18.1 Å². The van der Waals surface area contributed by atoms with Crippen molar-refractivity contribution < 1.29 is 14.3 Å². The standard InChI is InChI=1S/C26H39N5O3/c27-25(32)23-15-21-17-30(23)14-12-28-18-33-24-11-6-9-19(24)7-2-1-5-13-31-16-20-8-3-4-10-22(20)29-26(31)34-21/h3-4,8,10,19,21,23-24,28H,1-2,5-7,9,11-18H2,(H2,27,32). The molecule has 1 aromatic carbocycles. The van der Waals surface area contributed by atoms with Gasteiger partial charge in [0.25, 0.3) is 6.02 Å². The maximum absolute atomic E-state index is 12.2. The number of hydrogen-bond acceptors (Lipinski definition) is 7. The lowest BCUT2D eigenvalue weighted by molar-refractivity contribution is -0.122. The van der Waals surface area contributed by atoms with Crippen LogP contribution in [0.1, 0.15) is 56.9 Å². The summed E-state index contributed by atoms with van der Waals surface area (Å²) in [6, 6.07) is 8.68. The van der Waals surface area contributed by atoms with Crippen LogP contribution < -0.4 is 11.1 Å². The van der Waals surface area contributed by atoms with E-state index >= 15 is 0 Å². The molecule has 0 aromatic heterocycles. The van der Waals surface area contributed by atoms with Crippen molar-refractivity contribution in [3.8, 4) is 0 Å². The minimum atomic E-state index is -0.307. The molecule has 4 aliphatic rings. The molecule has 5 rings (SSSR count). The number of rotatable bonds is 1. The first kappa shape index (κ1) is 23.6. The van der Waals surface area contributed by atoms with Crippen molar-refractivity contribution in [1.82, 2.24) is 15.1 Å². The summed E-state index contributed by atoms with van der Waals surface area (Å²) < 4.78 is 12.7. The second-order valence-electron chi connectivity index (χ2n) is 10.2. The Morgan fingerprint density at radius 1 is 1.09 bits per heavy atom. The molecule has 34 heavy (non-hydrogen) atoms. The molecule has 2 bridgehead atoms. The highest BCUT2D eigenvalue weighted by molar-refractivity contribution is 5.82. The molecule has 8 nitrogen and oxygen atoms in total. The van der Waals surface area contributed by atoms with Crippen molar-refractivity contribution in [3.63, 3.8) is 0 Å². The second kappa shape index (κ2) is 11.1. The number of nitrogens with two attached hydrogens (primary N) is 1. The smallest absolute Gasteiger partial charge is 0.293 e. The van der Waals surface area contributed by atoms with E-state index in [9.17, 15) is 4.79 Å². The first-order valence-corrected chi connectivity index (χ1v) is 13.1. The summed E-state index contributed by atoms with van der Waals surface area (Å²) in [5, 5.41) is 3.41. The van der Waals surface area contributed by atoms with Crippen LogP contribution in [0.2, 0.25) is 0 Å². The molecule has 3 N–H and O–H groups in total. The van der Waals surface area contributed by atoms with E-state index < -0.39 is 0 Å². The quantitative estimate of drug-likeness (QED) is 0.657. The maximum Gasteiger partial charge on any atom is 0.293 e. The Morgan fingerprint density at radius 3 is 2.88 bits per heavy atom. The van der Waals surface area contributed by atoms with Crippen molar-refractivity contribution in [1.29, 1.82) is 0 Å². The molecule has 0 radical (unpaired) electrons. The van der Waals surface area contributed by atoms with Gasteiger partial charge in [0.2, 0.25) is 5.91 Å². The summed E-state index contributed by atoms with van der Waals surface area (Å²) in [6.07, 6.45) is 9.43. The van der Waals surface area contributed by atoms with E-state index in [4.69, 9.17) is 20.2 Å². The normalized spacial score (nSPS) is 32.9. The van der Waals surface area contributed by atoms with Gasteiger partial charge in [0.05, 0.1) is 24.6 Å². The van der Waals surface area contributed by atoms with Crippen LogP contribution in [0.5, 0.6) is 0 Å². The Bertz CT molecular complexity index is 878. The molecule has 1 saturated carbocycles. The number of benzene rings is 1. The lowest BCUT2D eigenvalue weighted by Crippen LogP contribution is -2.43. The Hall–Kier alpha value is -2.16. The molecule has 186 valence electrons. The van der Waals surface area contributed by atoms with Crippen LogP contribution in [0.15, 0.2) is 29.3 Å². The third kappa shape index (κ3) is 5.56. The molecule has 8 heteroatoms. The minimum Gasteiger partial charge on any atom is -0.460 e. The fourth-order valence-electron chi connectivity index (χ4n) is 6.01. The van der Waals surface area contributed by atoms with Gasteiger partial charge in [-0.15, -0.1) is 0 Å². The van der Waals surface area contributed by atoms with Crippen LogP contribution in [-0.4, -0.2) is 72.9 Å². The highest BCUT2D eigenvalue weighted by atomic mass is 16.5. The number of para-hydroxylation sites is 1. The van der Waals surface area contributed by atoms with Crippen molar-refractivity contribution in [2.75, 3.05) is 32.9 Å². The number of nitrogens with one attached hydrogen (secondary N) is 1. The van der Waals surface area contributed by atoms with Crippen LogP contribution in [0.3, 0.4) is 0 Å². The van der Waals surface area contributed by atoms with Gasteiger partial charge in [-0.1, -0.05) is 37.5 Å². The zero-order valence-electron chi connectivity index (χ0n) is 20.2. The predicted molar refractivity (Wildman–Crippen MR) is 132 cm³/mol. The van der Waals surface area contributed by atoms with Gasteiger partial charge in [0, 0.05) is 39.1 Å². The van der Waals surface area contributed by atoms with Gasteiger partial charge in [0.15, 0.2) is 0 Å². The fourth-order valence-corrected chi connectivity index (χ4v) is 6.01. The molecule has 1 aromatic rings. The number of ether oxygens (including phenoxy) is 2. The lowest BCUT2D eigenvalue weighted by atomic mass is 9.97. The SMILES string of the molecule is NC(=O)C1CC2CN1CCNCOC1CCCC1CCCCCN1Cc3ccccc3N=C1O2. The molecular weight excluding hydrogens is 430 g/mol. The lowest BCUT2D eigenvalue weighted by Gasteiger charge is -2.31. The summed E-state index contributed by atoms with van der Waals surface area (Å²) in [5.74, 6) is 0.399. The molecule has 5 unspecified atom stereocenters. The topological polar surface area (TPSA) is 92.4 Å². The van der Waals surface area contributed by atoms with Gasteiger partial charge in [0.1, 0.15) is 6.10 Å². The third-order valence-corrected chi connectivity index (χ3v) is 7.87. The van der Waals surface area contributed by atoms with Crippen molar-refractivity contribution >= 4 is 17.6 Å². The molecule has 1 amide bonds. The predicted octanol–water partition coefficient (Wildman–Crippen LogP) is 2.74. The zero-order chi connectivity index (χ0) is 23.3. The van der Waals surface area contributed by atoms with E-state index in [1.54, 1.807) is 0 Å². The van der Waals surface area contributed by atoms with Crippen LogP contribution in [0.25, 0.3) is 0 Å². The van der Waals surface area contributed by atoms with Gasteiger partial charge in [-0.25, -0.2) is 0 Å². The number of fused-ring (bicyclic) bond motifs is 5. The number of carbonyl (C=O) groups excluding carboxylic acids is 1. The molecule has 2 saturated heterocycles. The van der Waals surface area contributed by atoms with Crippen LogP contribution >= 0.6 is 0 Å². The Balaban J connectivity index is 1.31. The van der Waals surface area contributed by atoms with Gasteiger partial charge < -0.3 is 20.1 Å². The maximum atomic E-state index is 12.2. The summed E-state index contributed by atoms with van der Waals surface area (Å²) >= 11 is 0. The number of primary amides is 1. The van der Waals surface area contributed by atoms with Crippen LogP contribution in [0, 0.1) is 5.92 Å². The Kier molecular flexibility index (Phi) is 7.67. The Morgan fingerprint density at radius 2 is 1.97 bits per heavy atom. The van der Waals surface area contributed by atoms with E-state index in [0.717, 1.165) is 38.3 Å². The second-order valence-corrected chi connectivity index (χ2v) is 10.2. The van der Waals surface area contributed by atoms with E-state index in [0.29, 0.717) is 37.7 Å². The average molecular weight is 470 g/mol. The number of carbonyl (C=O) groups is 1. The largest absolute Gasteiger partial charge is 0.460 e. The first-order valence-electron chi connectivity index (χ1n) is 13.1. The summed E-state index contributed by atoms with van der Waals surface area (Å²) in [7, 11) is 0.